The molecule has 0 saturated heterocycles. The number of benzene rings is 1. The molecule has 4 heteroatoms. The van der Waals surface area contributed by atoms with E-state index in [4.69, 9.17) is 5.26 Å². The molecule has 0 spiro atoms. The van der Waals surface area contributed by atoms with E-state index in [0.29, 0.717) is 5.56 Å². The van der Waals surface area contributed by atoms with Gasteiger partial charge in [0.1, 0.15) is 6.07 Å². The highest BCUT2D eigenvalue weighted by Gasteiger charge is 2.07. The Hall–Kier alpha value is -0.370. The van der Waals surface area contributed by atoms with E-state index in [0.717, 1.165) is 18.3 Å². The first kappa shape index (κ1) is 9.20. The van der Waals surface area contributed by atoms with Crippen LogP contribution in [0.4, 0.5) is 0 Å². The van der Waals surface area contributed by atoms with E-state index in [2.05, 4.69) is 37.9 Å². The van der Waals surface area contributed by atoms with Gasteiger partial charge in [-0.3, -0.25) is 0 Å². The van der Waals surface area contributed by atoms with E-state index in [1.807, 2.05) is 18.2 Å². The number of nitriles is 1. The molecule has 2 rings (SSSR count). The number of halogens is 2. The maximum Gasteiger partial charge on any atom is 0.102 e. The van der Waals surface area contributed by atoms with Crippen molar-refractivity contribution >= 4 is 53.3 Å². The summed E-state index contributed by atoms with van der Waals surface area (Å²) in [6.07, 6.45) is 0. The van der Waals surface area contributed by atoms with Crippen LogP contribution in [0.2, 0.25) is 0 Å². The molecule has 64 valence electrons. The molecule has 13 heavy (non-hydrogen) atoms. The molecule has 0 fully saturated rings. The van der Waals surface area contributed by atoms with Crippen LogP contribution < -0.4 is 0 Å². The van der Waals surface area contributed by atoms with Gasteiger partial charge in [0.15, 0.2) is 0 Å². The summed E-state index contributed by atoms with van der Waals surface area (Å²) in [6.45, 7) is 0. The van der Waals surface area contributed by atoms with E-state index in [-0.39, 0.29) is 0 Å². The number of thiophene rings is 1. The molecule has 0 bridgehead atoms. The molecule has 0 atom stereocenters. The minimum atomic E-state index is 0.716. The second-order valence-corrected chi connectivity index (χ2v) is 5.79. The molecule has 0 radical (unpaired) electrons. The molecule has 1 aromatic heterocycles. The average Bonchev–Trinajstić information content (AvgIpc) is 2.45. The third-order valence-electron chi connectivity index (χ3n) is 1.72. The van der Waals surface area contributed by atoms with Crippen molar-refractivity contribution in [2.24, 2.45) is 0 Å². The van der Waals surface area contributed by atoms with Crippen LogP contribution in [0.3, 0.4) is 0 Å². The van der Waals surface area contributed by atoms with Gasteiger partial charge in [0.2, 0.25) is 0 Å². The van der Waals surface area contributed by atoms with E-state index in [1.165, 1.54) is 0 Å². The van der Waals surface area contributed by atoms with Crippen LogP contribution in [0.5, 0.6) is 0 Å². The van der Waals surface area contributed by atoms with Crippen molar-refractivity contribution in [3.05, 3.63) is 32.0 Å². The topological polar surface area (TPSA) is 23.8 Å². The van der Waals surface area contributed by atoms with Crippen molar-refractivity contribution in [1.82, 2.24) is 0 Å². The number of nitrogens with zero attached hydrogens (tertiary/aromatic N) is 1. The molecule has 0 amide bonds. The lowest BCUT2D eigenvalue weighted by Gasteiger charge is -1.94. The molecular formula is C9H3Br2NS. The molecule has 0 saturated carbocycles. The van der Waals surface area contributed by atoms with Gasteiger partial charge in [0, 0.05) is 4.47 Å². The predicted molar refractivity (Wildman–Crippen MR) is 61.9 cm³/mol. The second-order valence-electron chi connectivity index (χ2n) is 2.50. The summed E-state index contributed by atoms with van der Waals surface area (Å²) < 4.78 is 2.94. The van der Waals surface area contributed by atoms with Crippen molar-refractivity contribution in [2.75, 3.05) is 0 Å². The van der Waals surface area contributed by atoms with E-state index >= 15 is 0 Å². The fourth-order valence-electron chi connectivity index (χ4n) is 1.15. The standard InChI is InChI=1S/C9H3Br2NS/c10-7-2-1-5-3-8(11)13-9(5)6(7)4-12/h1-3H. The van der Waals surface area contributed by atoms with Crippen LogP contribution in [0, 0.1) is 11.3 Å². The molecule has 0 unspecified atom stereocenters. The summed E-state index contributed by atoms with van der Waals surface area (Å²) in [7, 11) is 0. The smallest absolute Gasteiger partial charge is 0.102 e. The second kappa shape index (κ2) is 3.41. The number of fused-ring (bicyclic) bond motifs is 1. The summed E-state index contributed by atoms with van der Waals surface area (Å²) in [5.41, 5.74) is 0.716. The Labute approximate surface area is 96.2 Å². The highest BCUT2D eigenvalue weighted by molar-refractivity contribution is 9.11. The van der Waals surface area contributed by atoms with Gasteiger partial charge in [0.25, 0.3) is 0 Å². The Morgan fingerprint density at radius 3 is 2.77 bits per heavy atom. The first-order valence-corrected chi connectivity index (χ1v) is 5.90. The van der Waals surface area contributed by atoms with Gasteiger partial charge in [-0.25, -0.2) is 0 Å². The zero-order valence-corrected chi connectivity index (χ0v) is 10.3. The Balaban J connectivity index is 2.93. The maximum atomic E-state index is 8.94. The van der Waals surface area contributed by atoms with Crippen molar-refractivity contribution in [3.63, 3.8) is 0 Å². The fourth-order valence-corrected chi connectivity index (χ4v) is 3.32. The minimum Gasteiger partial charge on any atom is -0.192 e. The maximum absolute atomic E-state index is 8.94. The van der Waals surface area contributed by atoms with Gasteiger partial charge in [-0.15, -0.1) is 11.3 Å². The Bertz CT molecular complexity index is 510. The highest BCUT2D eigenvalue weighted by atomic mass is 79.9. The third-order valence-corrected chi connectivity index (χ3v) is 4.05. The van der Waals surface area contributed by atoms with Gasteiger partial charge in [0.05, 0.1) is 14.0 Å². The van der Waals surface area contributed by atoms with Gasteiger partial charge in [-0.1, -0.05) is 6.07 Å². The number of hydrogen-bond acceptors (Lipinski definition) is 2. The number of hydrogen-bond donors (Lipinski definition) is 0. The zero-order chi connectivity index (χ0) is 9.42. The molecule has 0 aliphatic heterocycles. The molecule has 0 N–H and O–H groups in total. The van der Waals surface area contributed by atoms with Gasteiger partial charge in [-0.2, -0.15) is 5.26 Å². The Kier molecular flexibility index (Phi) is 2.41. The van der Waals surface area contributed by atoms with Gasteiger partial charge >= 0.3 is 0 Å². The average molecular weight is 317 g/mol. The van der Waals surface area contributed by atoms with Crippen LogP contribution in [0.25, 0.3) is 10.1 Å². The summed E-state index contributed by atoms with van der Waals surface area (Å²) in [4.78, 5) is 0. The first-order valence-electron chi connectivity index (χ1n) is 3.50. The number of rotatable bonds is 0. The summed E-state index contributed by atoms with van der Waals surface area (Å²) >= 11 is 8.34. The van der Waals surface area contributed by atoms with Crippen molar-refractivity contribution in [2.45, 2.75) is 0 Å². The molecule has 1 nitrogen and oxygen atoms in total. The summed E-state index contributed by atoms with van der Waals surface area (Å²) in [5.74, 6) is 0. The quantitative estimate of drug-likeness (QED) is 0.711. The SMILES string of the molecule is N#Cc1c(Br)ccc2cc(Br)sc12. The van der Waals surface area contributed by atoms with Gasteiger partial charge in [-0.05, 0) is 49.4 Å². The van der Waals surface area contributed by atoms with Crippen molar-refractivity contribution < 1.29 is 0 Å². The zero-order valence-electron chi connectivity index (χ0n) is 6.34. The molecule has 0 aliphatic rings. The van der Waals surface area contributed by atoms with Crippen molar-refractivity contribution in [3.8, 4) is 6.07 Å². The Morgan fingerprint density at radius 1 is 1.31 bits per heavy atom. The lowest BCUT2D eigenvalue weighted by molar-refractivity contribution is 1.50. The van der Waals surface area contributed by atoms with Crippen LogP contribution in [-0.4, -0.2) is 0 Å². The normalized spacial score (nSPS) is 10.2. The molecular weight excluding hydrogens is 314 g/mol. The molecule has 1 aromatic carbocycles. The largest absolute Gasteiger partial charge is 0.192 e. The summed E-state index contributed by atoms with van der Waals surface area (Å²) in [6, 6.07) is 8.12. The summed E-state index contributed by atoms with van der Waals surface area (Å²) in [5, 5.41) is 10.0. The van der Waals surface area contributed by atoms with Crippen LogP contribution in [0.15, 0.2) is 26.5 Å². The Morgan fingerprint density at radius 2 is 2.08 bits per heavy atom. The van der Waals surface area contributed by atoms with Crippen LogP contribution in [0.1, 0.15) is 5.56 Å². The van der Waals surface area contributed by atoms with E-state index in [1.54, 1.807) is 11.3 Å². The highest BCUT2D eigenvalue weighted by Crippen LogP contribution is 2.35. The minimum absolute atomic E-state index is 0.716. The molecule has 2 aromatic rings. The monoisotopic (exact) mass is 315 g/mol. The van der Waals surface area contributed by atoms with Crippen molar-refractivity contribution in [1.29, 1.82) is 5.26 Å². The van der Waals surface area contributed by atoms with E-state index < -0.39 is 0 Å². The molecule has 0 aliphatic carbocycles. The fraction of sp³-hybridized carbons (Fsp3) is 0. The van der Waals surface area contributed by atoms with E-state index in [9.17, 15) is 0 Å². The van der Waals surface area contributed by atoms with Gasteiger partial charge < -0.3 is 0 Å². The van der Waals surface area contributed by atoms with Crippen LogP contribution in [-0.2, 0) is 0 Å². The van der Waals surface area contributed by atoms with Crippen LogP contribution >= 0.6 is 43.2 Å². The predicted octanol–water partition coefficient (Wildman–Crippen LogP) is 4.30. The lowest BCUT2D eigenvalue weighted by atomic mass is 10.2. The molecule has 1 heterocycles. The lowest BCUT2D eigenvalue weighted by Crippen LogP contribution is -1.75. The first-order chi connectivity index (χ1) is 6.22. The third kappa shape index (κ3) is 1.52.